The van der Waals surface area contributed by atoms with E-state index in [0.29, 0.717) is 5.92 Å². The molecule has 0 radical (unpaired) electrons. The lowest BCUT2D eigenvalue weighted by atomic mass is 10.1. The van der Waals surface area contributed by atoms with Crippen molar-refractivity contribution in [2.75, 3.05) is 13.1 Å². The summed E-state index contributed by atoms with van der Waals surface area (Å²) in [5.74, 6) is 0.657. The number of hydrogen-bond acceptors (Lipinski definition) is 1. The first-order chi connectivity index (χ1) is 8.57. The first-order valence-corrected chi connectivity index (χ1v) is 8.41. The van der Waals surface area contributed by atoms with Gasteiger partial charge in [-0.2, -0.15) is 0 Å². The van der Waals surface area contributed by atoms with Crippen molar-refractivity contribution in [3.63, 3.8) is 0 Å². The zero-order chi connectivity index (χ0) is 13.8. The Hall–Kier alpha value is 0.240. The Bertz CT molecular complexity index is 205. The highest BCUT2D eigenvalue weighted by molar-refractivity contribution is 8.10. The molecule has 0 aromatic carbocycles. The molecular weight excluding hydrogens is 258 g/mol. The summed E-state index contributed by atoms with van der Waals surface area (Å²) >= 11 is 9.48. The third-order valence-corrected chi connectivity index (χ3v) is 3.68. The fourth-order valence-corrected chi connectivity index (χ4v) is 2.49. The highest BCUT2D eigenvalue weighted by Gasteiger charge is 2.07. The van der Waals surface area contributed by atoms with E-state index in [-0.39, 0.29) is 0 Å². The monoisotopic (exact) mass is 289 g/mol. The van der Waals surface area contributed by atoms with E-state index in [1.807, 2.05) is 0 Å². The number of unbranched alkanes of at least 4 members (excludes halogenated alkanes) is 7. The first kappa shape index (κ1) is 18.2. The van der Waals surface area contributed by atoms with Gasteiger partial charge in [0.25, 0.3) is 0 Å². The summed E-state index contributed by atoms with van der Waals surface area (Å²) < 4.78 is 0.756. The van der Waals surface area contributed by atoms with Gasteiger partial charge in [-0.25, -0.2) is 0 Å². The SMILES string of the molecule is CCCCCCCCCCN(CC(C)C)C(=S)S. The summed E-state index contributed by atoms with van der Waals surface area (Å²) in [7, 11) is 0. The fourth-order valence-electron chi connectivity index (χ4n) is 2.14. The summed E-state index contributed by atoms with van der Waals surface area (Å²) in [5, 5.41) is 0. The van der Waals surface area contributed by atoms with Crippen molar-refractivity contribution in [2.24, 2.45) is 5.92 Å². The molecule has 0 aliphatic heterocycles. The number of nitrogens with zero attached hydrogens (tertiary/aromatic N) is 1. The van der Waals surface area contributed by atoms with Crippen molar-refractivity contribution < 1.29 is 0 Å². The molecule has 0 aliphatic rings. The predicted octanol–water partition coefficient (Wildman–Crippen LogP) is 5.30. The van der Waals surface area contributed by atoms with E-state index in [4.69, 9.17) is 12.2 Å². The van der Waals surface area contributed by atoms with Crippen molar-refractivity contribution in [1.29, 1.82) is 0 Å². The molecule has 0 heterocycles. The van der Waals surface area contributed by atoms with E-state index in [0.717, 1.165) is 17.4 Å². The number of thiol groups is 1. The van der Waals surface area contributed by atoms with Gasteiger partial charge in [0.2, 0.25) is 0 Å². The minimum Gasteiger partial charge on any atom is -0.357 e. The average Bonchev–Trinajstić information content (AvgIpc) is 2.30. The van der Waals surface area contributed by atoms with E-state index in [1.54, 1.807) is 0 Å². The highest BCUT2D eigenvalue weighted by Crippen LogP contribution is 2.10. The van der Waals surface area contributed by atoms with Crippen LogP contribution in [0.5, 0.6) is 0 Å². The van der Waals surface area contributed by atoms with Gasteiger partial charge >= 0.3 is 0 Å². The van der Waals surface area contributed by atoms with Gasteiger partial charge in [0, 0.05) is 13.1 Å². The standard InChI is InChI=1S/C15H31NS2/c1-4-5-6-7-8-9-10-11-12-16(15(17)18)13-14(2)3/h14H,4-13H2,1-3H3,(H,17,18). The van der Waals surface area contributed by atoms with E-state index < -0.39 is 0 Å². The molecule has 0 aromatic rings. The molecule has 108 valence electrons. The van der Waals surface area contributed by atoms with E-state index in [9.17, 15) is 0 Å². The second-order valence-electron chi connectivity index (χ2n) is 5.60. The topological polar surface area (TPSA) is 3.24 Å². The average molecular weight is 290 g/mol. The molecular formula is C15H31NS2. The minimum atomic E-state index is 0.657. The number of hydrogen-bond donors (Lipinski definition) is 1. The molecule has 0 bridgehead atoms. The smallest absolute Gasteiger partial charge is 0.133 e. The molecule has 18 heavy (non-hydrogen) atoms. The molecule has 0 spiro atoms. The molecule has 0 saturated heterocycles. The van der Waals surface area contributed by atoms with Crippen LogP contribution in [0.4, 0.5) is 0 Å². The van der Waals surface area contributed by atoms with Gasteiger partial charge in [-0.3, -0.25) is 0 Å². The Morgan fingerprint density at radius 1 is 1.00 bits per heavy atom. The van der Waals surface area contributed by atoms with Crippen LogP contribution in [-0.4, -0.2) is 22.3 Å². The summed E-state index contributed by atoms with van der Waals surface area (Å²) in [5.41, 5.74) is 0. The fraction of sp³-hybridized carbons (Fsp3) is 0.933. The molecule has 0 unspecified atom stereocenters. The third-order valence-electron chi connectivity index (χ3n) is 3.14. The Labute approximate surface area is 125 Å². The lowest BCUT2D eigenvalue weighted by Crippen LogP contribution is -2.30. The maximum atomic E-state index is 5.17. The zero-order valence-electron chi connectivity index (χ0n) is 12.5. The van der Waals surface area contributed by atoms with Crippen LogP contribution in [0.15, 0.2) is 0 Å². The summed E-state index contributed by atoms with van der Waals surface area (Å²) in [6.07, 6.45) is 10.9. The molecule has 0 aromatic heterocycles. The van der Waals surface area contributed by atoms with Crippen molar-refractivity contribution >= 4 is 29.2 Å². The van der Waals surface area contributed by atoms with Gasteiger partial charge < -0.3 is 4.90 Å². The van der Waals surface area contributed by atoms with Crippen LogP contribution in [0, 0.1) is 5.92 Å². The third kappa shape index (κ3) is 11.3. The van der Waals surface area contributed by atoms with Crippen molar-refractivity contribution in [3.8, 4) is 0 Å². The van der Waals surface area contributed by atoms with Gasteiger partial charge in [-0.15, -0.1) is 12.6 Å². The van der Waals surface area contributed by atoms with E-state index >= 15 is 0 Å². The molecule has 0 rings (SSSR count). The highest BCUT2D eigenvalue weighted by atomic mass is 32.1. The summed E-state index contributed by atoms with van der Waals surface area (Å²) in [6, 6.07) is 0. The minimum absolute atomic E-state index is 0.657. The molecule has 0 fully saturated rings. The molecule has 0 saturated carbocycles. The van der Waals surface area contributed by atoms with Crippen molar-refractivity contribution in [2.45, 2.75) is 72.1 Å². The van der Waals surface area contributed by atoms with Gasteiger partial charge in [-0.05, 0) is 12.3 Å². The number of thiocarbonyl (C=S) groups is 1. The zero-order valence-corrected chi connectivity index (χ0v) is 14.2. The molecule has 1 nitrogen and oxygen atoms in total. The normalized spacial score (nSPS) is 10.9. The van der Waals surface area contributed by atoms with Crippen LogP contribution in [0.25, 0.3) is 0 Å². The van der Waals surface area contributed by atoms with Crippen molar-refractivity contribution in [1.82, 2.24) is 4.90 Å². The Morgan fingerprint density at radius 3 is 1.94 bits per heavy atom. The Balaban J connectivity index is 3.47. The summed E-state index contributed by atoms with van der Waals surface area (Å²) in [4.78, 5) is 2.24. The van der Waals surface area contributed by atoms with Gasteiger partial charge in [0.15, 0.2) is 0 Å². The molecule has 0 atom stereocenters. The van der Waals surface area contributed by atoms with Crippen LogP contribution >= 0.6 is 24.8 Å². The van der Waals surface area contributed by atoms with Crippen LogP contribution in [-0.2, 0) is 0 Å². The van der Waals surface area contributed by atoms with Crippen molar-refractivity contribution in [3.05, 3.63) is 0 Å². The van der Waals surface area contributed by atoms with Crippen LogP contribution in [0.2, 0.25) is 0 Å². The quantitative estimate of drug-likeness (QED) is 0.312. The van der Waals surface area contributed by atoms with Crippen LogP contribution < -0.4 is 0 Å². The van der Waals surface area contributed by atoms with Crippen LogP contribution in [0.3, 0.4) is 0 Å². The van der Waals surface area contributed by atoms with E-state index in [1.165, 1.54) is 51.4 Å². The maximum absolute atomic E-state index is 5.17. The lowest BCUT2D eigenvalue weighted by molar-refractivity contribution is 0.364. The molecule has 0 aliphatic carbocycles. The first-order valence-electron chi connectivity index (χ1n) is 7.55. The van der Waals surface area contributed by atoms with Crippen LogP contribution in [0.1, 0.15) is 72.1 Å². The van der Waals surface area contributed by atoms with E-state index in [2.05, 4.69) is 38.3 Å². The predicted molar refractivity (Wildman–Crippen MR) is 90.6 cm³/mol. The molecule has 0 amide bonds. The summed E-state index contributed by atoms with van der Waals surface area (Å²) in [6.45, 7) is 8.84. The number of rotatable bonds is 11. The molecule has 3 heteroatoms. The van der Waals surface area contributed by atoms with Gasteiger partial charge in [-0.1, -0.05) is 77.9 Å². The Kier molecular flexibility index (Phi) is 12.4. The maximum Gasteiger partial charge on any atom is 0.133 e. The second-order valence-corrected chi connectivity index (χ2v) is 6.71. The second kappa shape index (κ2) is 12.3. The lowest BCUT2D eigenvalue weighted by Gasteiger charge is -2.24. The molecule has 0 N–H and O–H groups in total. The van der Waals surface area contributed by atoms with Gasteiger partial charge in [0.05, 0.1) is 0 Å². The Morgan fingerprint density at radius 2 is 1.50 bits per heavy atom. The largest absolute Gasteiger partial charge is 0.357 e. The van der Waals surface area contributed by atoms with Gasteiger partial charge in [0.1, 0.15) is 4.32 Å².